The summed E-state index contributed by atoms with van der Waals surface area (Å²) < 4.78 is 1.18. The number of rotatable bonds is 5. The van der Waals surface area contributed by atoms with Crippen LogP contribution in [0.15, 0.2) is 22.7 Å². The highest BCUT2D eigenvalue weighted by molar-refractivity contribution is 9.10. The molecule has 0 aliphatic heterocycles. The maximum absolute atomic E-state index is 3.55. The molecule has 0 heterocycles. The topological polar surface area (TPSA) is 3.24 Å². The Hall–Kier alpha value is 0.140. The second-order valence-electron chi connectivity index (χ2n) is 3.52. The lowest BCUT2D eigenvalue weighted by atomic mass is 10.1. The van der Waals surface area contributed by atoms with Gasteiger partial charge in [0, 0.05) is 16.3 Å². The van der Waals surface area contributed by atoms with Crippen molar-refractivity contribution in [1.82, 2.24) is 4.90 Å². The molecule has 0 radical (unpaired) electrons. The van der Waals surface area contributed by atoms with Crippen molar-refractivity contribution in [3.63, 3.8) is 0 Å². The van der Waals surface area contributed by atoms with Gasteiger partial charge < -0.3 is 0 Å². The van der Waals surface area contributed by atoms with E-state index in [0.29, 0.717) is 0 Å². The number of hydrogen-bond acceptors (Lipinski definition) is 1. The van der Waals surface area contributed by atoms with Gasteiger partial charge in [0.15, 0.2) is 0 Å². The molecule has 0 saturated heterocycles. The van der Waals surface area contributed by atoms with Crippen LogP contribution in [0.3, 0.4) is 0 Å². The van der Waals surface area contributed by atoms with Crippen molar-refractivity contribution in [2.75, 3.05) is 13.1 Å². The third kappa shape index (κ3) is 3.89. The van der Waals surface area contributed by atoms with Gasteiger partial charge in [-0.1, -0.05) is 57.8 Å². The lowest BCUT2D eigenvalue weighted by Crippen LogP contribution is -2.22. The quantitative estimate of drug-likeness (QED) is 0.730. The van der Waals surface area contributed by atoms with Crippen molar-refractivity contribution in [3.05, 3.63) is 33.8 Å². The van der Waals surface area contributed by atoms with Crippen LogP contribution in [0.25, 0.3) is 0 Å². The maximum Gasteiger partial charge on any atom is 0.0294 e. The first-order valence-corrected chi connectivity index (χ1v) is 7.18. The van der Waals surface area contributed by atoms with Crippen LogP contribution in [0.2, 0.25) is 0 Å². The van der Waals surface area contributed by atoms with E-state index >= 15 is 0 Å². The van der Waals surface area contributed by atoms with Crippen molar-refractivity contribution >= 4 is 31.9 Å². The van der Waals surface area contributed by atoms with E-state index in [1.165, 1.54) is 15.6 Å². The van der Waals surface area contributed by atoms with E-state index in [0.717, 1.165) is 25.0 Å². The Bertz CT molecular complexity index is 308. The first kappa shape index (κ1) is 13.2. The molecular formula is C12H17Br2N. The molecular weight excluding hydrogens is 318 g/mol. The van der Waals surface area contributed by atoms with E-state index in [4.69, 9.17) is 0 Å². The van der Waals surface area contributed by atoms with Crippen molar-refractivity contribution < 1.29 is 0 Å². The largest absolute Gasteiger partial charge is 0.300 e. The van der Waals surface area contributed by atoms with Gasteiger partial charge in [0.1, 0.15) is 0 Å². The minimum Gasteiger partial charge on any atom is -0.300 e. The Morgan fingerprint density at radius 2 is 1.87 bits per heavy atom. The highest BCUT2D eigenvalue weighted by Crippen LogP contribution is 2.21. The molecule has 0 atom stereocenters. The van der Waals surface area contributed by atoms with Crippen LogP contribution < -0.4 is 0 Å². The molecule has 0 fully saturated rings. The molecule has 0 unspecified atom stereocenters. The second-order valence-corrected chi connectivity index (χ2v) is 4.94. The predicted octanol–water partition coefficient (Wildman–Crippen LogP) is 4.19. The van der Waals surface area contributed by atoms with E-state index < -0.39 is 0 Å². The Morgan fingerprint density at radius 1 is 1.20 bits per heavy atom. The summed E-state index contributed by atoms with van der Waals surface area (Å²) in [6, 6.07) is 6.58. The average Bonchev–Trinajstić information content (AvgIpc) is 2.28. The zero-order valence-electron chi connectivity index (χ0n) is 9.26. The minimum absolute atomic E-state index is 0.902. The van der Waals surface area contributed by atoms with E-state index in [1.807, 2.05) is 0 Å². The van der Waals surface area contributed by atoms with Gasteiger partial charge in [-0.2, -0.15) is 0 Å². The molecule has 0 aromatic heterocycles. The molecule has 0 N–H and O–H groups in total. The molecule has 1 aromatic carbocycles. The van der Waals surface area contributed by atoms with Crippen molar-refractivity contribution in [2.24, 2.45) is 0 Å². The summed E-state index contributed by atoms with van der Waals surface area (Å²) in [5, 5.41) is 0.902. The van der Waals surface area contributed by atoms with Crippen LogP contribution in [0, 0.1) is 0 Å². The maximum atomic E-state index is 3.55. The standard InChI is InChI=1S/C12H17Br2N/c1-3-15(4-2)9-10-5-6-12(14)11(7-10)8-13/h5-7H,3-4,8-9H2,1-2H3. The predicted molar refractivity (Wildman–Crippen MR) is 73.4 cm³/mol. The molecule has 1 nitrogen and oxygen atoms in total. The highest BCUT2D eigenvalue weighted by Gasteiger charge is 2.04. The van der Waals surface area contributed by atoms with Crippen molar-refractivity contribution in [1.29, 1.82) is 0 Å². The first-order valence-electron chi connectivity index (χ1n) is 5.26. The van der Waals surface area contributed by atoms with Gasteiger partial charge in [-0.3, -0.25) is 4.90 Å². The van der Waals surface area contributed by atoms with Crippen LogP contribution in [-0.4, -0.2) is 18.0 Å². The Balaban J connectivity index is 2.77. The zero-order valence-corrected chi connectivity index (χ0v) is 12.4. The van der Waals surface area contributed by atoms with E-state index in [9.17, 15) is 0 Å². The van der Waals surface area contributed by atoms with Gasteiger partial charge in [0.05, 0.1) is 0 Å². The fraction of sp³-hybridized carbons (Fsp3) is 0.500. The van der Waals surface area contributed by atoms with Crippen LogP contribution in [-0.2, 0) is 11.9 Å². The molecule has 0 aliphatic rings. The number of benzene rings is 1. The van der Waals surface area contributed by atoms with Crippen LogP contribution in [0.1, 0.15) is 25.0 Å². The number of halogens is 2. The molecule has 1 rings (SSSR count). The van der Waals surface area contributed by atoms with E-state index in [-0.39, 0.29) is 0 Å². The molecule has 0 amide bonds. The van der Waals surface area contributed by atoms with Crippen LogP contribution in [0.4, 0.5) is 0 Å². The van der Waals surface area contributed by atoms with E-state index in [1.54, 1.807) is 0 Å². The summed E-state index contributed by atoms with van der Waals surface area (Å²) in [6.07, 6.45) is 0. The zero-order chi connectivity index (χ0) is 11.3. The van der Waals surface area contributed by atoms with Gasteiger partial charge in [-0.05, 0) is 30.3 Å². The smallest absolute Gasteiger partial charge is 0.0294 e. The second kappa shape index (κ2) is 6.66. The molecule has 3 heteroatoms. The van der Waals surface area contributed by atoms with Gasteiger partial charge >= 0.3 is 0 Å². The molecule has 1 aromatic rings. The molecule has 0 aliphatic carbocycles. The SMILES string of the molecule is CCN(CC)Cc1ccc(Br)c(CBr)c1. The molecule has 84 valence electrons. The number of alkyl halides is 1. The van der Waals surface area contributed by atoms with E-state index in [2.05, 4.69) is 68.8 Å². The minimum atomic E-state index is 0.902. The summed E-state index contributed by atoms with van der Waals surface area (Å²) in [4.78, 5) is 2.42. The average molecular weight is 335 g/mol. The lowest BCUT2D eigenvalue weighted by Gasteiger charge is -2.18. The highest BCUT2D eigenvalue weighted by atomic mass is 79.9. The summed E-state index contributed by atoms with van der Waals surface area (Å²) in [6.45, 7) is 7.66. The number of hydrogen-bond donors (Lipinski definition) is 0. The van der Waals surface area contributed by atoms with Gasteiger partial charge in [0.25, 0.3) is 0 Å². The van der Waals surface area contributed by atoms with Crippen molar-refractivity contribution in [3.8, 4) is 0 Å². The van der Waals surface area contributed by atoms with Crippen molar-refractivity contribution in [2.45, 2.75) is 25.7 Å². The third-order valence-corrected chi connectivity index (χ3v) is 3.93. The van der Waals surface area contributed by atoms with Crippen LogP contribution >= 0.6 is 31.9 Å². The Labute approximate surface area is 109 Å². The number of nitrogens with zero attached hydrogens (tertiary/aromatic N) is 1. The Kier molecular flexibility index (Phi) is 5.87. The first-order chi connectivity index (χ1) is 7.21. The van der Waals surface area contributed by atoms with Gasteiger partial charge in [-0.15, -0.1) is 0 Å². The molecule has 0 saturated carbocycles. The lowest BCUT2D eigenvalue weighted by molar-refractivity contribution is 0.296. The summed E-state index contributed by atoms with van der Waals surface area (Å²) in [7, 11) is 0. The normalized spacial score (nSPS) is 11.0. The Morgan fingerprint density at radius 3 is 2.40 bits per heavy atom. The molecule has 0 bridgehead atoms. The fourth-order valence-electron chi connectivity index (χ4n) is 1.53. The third-order valence-electron chi connectivity index (χ3n) is 2.55. The summed E-state index contributed by atoms with van der Waals surface area (Å²) in [5.41, 5.74) is 2.70. The van der Waals surface area contributed by atoms with Gasteiger partial charge in [0.2, 0.25) is 0 Å². The summed E-state index contributed by atoms with van der Waals surface area (Å²) in [5.74, 6) is 0. The monoisotopic (exact) mass is 333 g/mol. The van der Waals surface area contributed by atoms with Gasteiger partial charge in [-0.25, -0.2) is 0 Å². The summed E-state index contributed by atoms with van der Waals surface area (Å²) >= 11 is 7.05. The fourth-order valence-corrected chi connectivity index (χ4v) is 2.76. The van der Waals surface area contributed by atoms with Crippen LogP contribution in [0.5, 0.6) is 0 Å². The molecule has 0 spiro atoms. The molecule has 15 heavy (non-hydrogen) atoms.